The lowest BCUT2D eigenvalue weighted by Gasteiger charge is -2.38. The van der Waals surface area contributed by atoms with E-state index in [1.165, 1.54) is 11.1 Å². The van der Waals surface area contributed by atoms with Crippen LogP contribution in [0.2, 0.25) is 0 Å². The number of nitrogens with zero attached hydrogens (tertiary/aromatic N) is 3. The normalized spacial score (nSPS) is 26.0. The fourth-order valence-corrected chi connectivity index (χ4v) is 3.73. The molecule has 2 aliphatic rings. The summed E-state index contributed by atoms with van der Waals surface area (Å²) in [5.74, 6) is 0.550. The summed E-state index contributed by atoms with van der Waals surface area (Å²) in [5.41, 5.74) is 2.71. The number of aliphatic hydroxyl groups excluding tert-OH is 1. The second kappa shape index (κ2) is 8.30. The van der Waals surface area contributed by atoms with Gasteiger partial charge in [-0.25, -0.2) is 0 Å². The van der Waals surface area contributed by atoms with Gasteiger partial charge in [0, 0.05) is 39.3 Å². The third-order valence-electron chi connectivity index (χ3n) is 5.74. The van der Waals surface area contributed by atoms with Gasteiger partial charge >= 0.3 is 0 Å². The first-order valence-electron chi connectivity index (χ1n) is 9.48. The average molecular weight is 345 g/mol. The Hall–Kier alpha value is -1.43. The Morgan fingerprint density at radius 1 is 1.12 bits per heavy atom. The van der Waals surface area contributed by atoms with Gasteiger partial charge in [0.1, 0.15) is 0 Å². The maximum absolute atomic E-state index is 12.6. The molecule has 0 radical (unpaired) electrons. The van der Waals surface area contributed by atoms with E-state index >= 15 is 0 Å². The molecule has 1 aromatic carbocycles. The van der Waals surface area contributed by atoms with Gasteiger partial charge in [-0.1, -0.05) is 31.2 Å². The predicted octanol–water partition coefficient (Wildman–Crippen LogP) is 1.34. The van der Waals surface area contributed by atoms with Gasteiger partial charge in [0.05, 0.1) is 12.6 Å². The molecule has 3 rings (SSSR count). The highest BCUT2D eigenvalue weighted by Crippen LogP contribution is 2.17. The Balaban J connectivity index is 1.44. The average Bonchev–Trinajstić information content (AvgIpc) is 2.61. The van der Waals surface area contributed by atoms with Gasteiger partial charge in [0.2, 0.25) is 5.91 Å². The number of aryl methyl sites for hydroxylation is 1. The maximum atomic E-state index is 12.6. The molecule has 1 amide bonds. The lowest BCUT2D eigenvalue weighted by atomic mass is 9.96. The molecule has 1 aromatic rings. The fourth-order valence-electron chi connectivity index (χ4n) is 3.73. The van der Waals surface area contributed by atoms with Crippen LogP contribution in [0.15, 0.2) is 24.3 Å². The van der Waals surface area contributed by atoms with Gasteiger partial charge in [-0.3, -0.25) is 14.6 Å². The van der Waals surface area contributed by atoms with Crippen molar-refractivity contribution in [3.8, 4) is 0 Å². The van der Waals surface area contributed by atoms with E-state index in [0.717, 1.165) is 45.7 Å². The van der Waals surface area contributed by atoms with Crippen molar-refractivity contribution in [2.24, 2.45) is 5.92 Å². The molecule has 5 heteroatoms. The summed E-state index contributed by atoms with van der Waals surface area (Å²) in [6.07, 6.45) is 0.672. The summed E-state index contributed by atoms with van der Waals surface area (Å²) >= 11 is 0. The van der Waals surface area contributed by atoms with Crippen LogP contribution in [0.25, 0.3) is 0 Å². The van der Waals surface area contributed by atoms with Gasteiger partial charge < -0.3 is 10.0 Å². The third-order valence-corrected chi connectivity index (χ3v) is 5.74. The third kappa shape index (κ3) is 4.81. The van der Waals surface area contributed by atoms with Crippen LogP contribution in [0.1, 0.15) is 24.5 Å². The molecule has 2 heterocycles. The number of carbonyl (C=O) groups is 1. The molecular weight excluding hydrogens is 314 g/mol. The van der Waals surface area contributed by atoms with E-state index in [-0.39, 0.29) is 12.0 Å². The molecule has 25 heavy (non-hydrogen) atoms. The quantitative estimate of drug-likeness (QED) is 0.895. The number of aliphatic hydroxyl groups is 1. The number of likely N-dealkylation sites (tertiary alicyclic amines) is 1. The lowest BCUT2D eigenvalue weighted by molar-refractivity contribution is -0.135. The van der Waals surface area contributed by atoms with Crippen LogP contribution >= 0.6 is 0 Å². The number of carbonyl (C=O) groups excluding carboxylic acids is 1. The van der Waals surface area contributed by atoms with Gasteiger partial charge in [0.15, 0.2) is 0 Å². The second-order valence-electron chi connectivity index (χ2n) is 7.65. The van der Waals surface area contributed by atoms with E-state index < -0.39 is 0 Å². The first kappa shape index (κ1) is 18.4. The van der Waals surface area contributed by atoms with E-state index in [4.69, 9.17) is 0 Å². The molecule has 5 nitrogen and oxygen atoms in total. The molecule has 138 valence electrons. The molecule has 0 aromatic heterocycles. The Kier molecular flexibility index (Phi) is 6.10. The summed E-state index contributed by atoms with van der Waals surface area (Å²) in [7, 11) is 0. The molecule has 2 fully saturated rings. The first-order valence-corrected chi connectivity index (χ1v) is 9.48. The van der Waals surface area contributed by atoms with Crippen LogP contribution in [-0.4, -0.2) is 77.6 Å². The number of benzene rings is 1. The Bertz CT molecular complexity index is 584. The number of amides is 1. The largest absolute Gasteiger partial charge is 0.392 e. The molecule has 0 bridgehead atoms. The summed E-state index contributed by atoms with van der Waals surface area (Å²) in [5, 5.41) is 10.00. The number of hydrogen-bond acceptors (Lipinski definition) is 4. The summed E-state index contributed by atoms with van der Waals surface area (Å²) in [4.78, 5) is 19.1. The monoisotopic (exact) mass is 345 g/mol. The number of β-amino-alcohol motifs (C(OH)–C–C–N with tert-alkyl or cyclic N) is 1. The van der Waals surface area contributed by atoms with Crippen LogP contribution in [0, 0.1) is 12.8 Å². The van der Waals surface area contributed by atoms with Crippen molar-refractivity contribution in [3.63, 3.8) is 0 Å². The van der Waals surface area contributed by atoms with E-state index in [0.29, 0.717) is 19.0 Å². The van der Waals surface area contributed by atoms with Gasteiger partial charge in [-0.05, 0) is 36.9 Å². The van der Waals surface area contributed by atoms with Crippen LogP contribution < -0.4 is 0 Å². The number of hydrogen-bond donors (Lipinski definition) is 1. The molecule has 0 aliphatic carbocycles. The highest BCUT2D eigenvalue weighted by Gasteiger charge is 2.28. The van der Waals surface area contributed by atoms with E-state index in [1.54, 1.807) is 0 Å². The minimum absolute atomic E-state index is 0.206. The zero-order valence-corrected chi connectivity index (χ0v) is 15.5. The van der Waals surface area contributed by atoms with Gasteiger partial charge in [-0.2, -0.15) is 0 Å². The zero-order chi connectivity index (χ0) is 17.8. The Labute approximate surface area is 151 Å². The number of piperidine rings is 1. The SMILES string of the molecule is Cc1ccccc1CN1CCN(C(=O)CN2CCC(C)C(O)C2)CC1. The Morgan fingerprint density at radius 2 is 1.84 bits per heavy atom. The molecular formula is C20H31N3O2. The molecule has 2 unspecified atom stereocenters. The minimum Gasteiger partial charge on any atom is -0.392 e. The molecule has 2 aliphatic heterocycles. The van der Waals surface area contributed by atoms with E-state index in [2.05, 4.69) is 47.9 Å². The second-order valence-corrected chi connectivity index (χ2v) is 7.65. The highest BCUT2D eigenvalue weighted by molar-refractivity contribution is 5.78. The van der Waals surface area contributed by atoms with Crippen LogP contribution in [-0.2, 0) is 11.3 Å². The van der Waals surface area contributed by atoms with Gasteiger partial charge in [0.25, 0.3) is 0 Å². The number of piperazine rings is 1. The van der Waals surface area contributed by atoms with Crippen molar-refractivity contribution >= 4 is 5.91 Å². The zero-order valence-electron chi connectivity index (χ0n) is 15.5. The first-order chi connectivity index (χ1) is 12.0. The molecule has 0 saturated carbocycles. The van der Waals surface area contributed by atoms with Crippen molar-refractivity contribution in [1.29, 1.82) is 0 Å². The van der Waals surface area contributed by atoms with Crippen LogP contribution in [0.5, 0.6) is 0 Å². The van der Waals surface area contributed by atoms with Crippen molar-refractivity contribution in [2.75, 3.05) is 45.8 Å². The van der Waals surface area contributed by atoms with Crippen LogP contribution in [0.4, 0.5) is 0 Å². The van der Waals surface area contributed by atoms with Crippen molar-refractivity contribution < 1.29 is 9.90 Å². The topological polar surface area (TPSA) is 47.0 Å². The van der Waals surface area contributed by atoms with Crippen molar-refractivity contribution in [2.45, 2.75) is 32.9 Å². The fraction of sp³-hybridized carbons (Fsp3) is 0.650. The smallest absolute Gasteiger partial charge is 0.236 e. The molecule has 0 spiro atoms. The number of rotatable bonds is 4. The molecule has 1 N–H and O–H groups in total. The Morgan fingerprint density at radius 3 is 2.52 bits per heavy atom. The summed E-state index contributed by atoms with van der Waals surface area (Å²) in [6, 6.07) is 8.52. The van der Waals surface area contributed by atoms with Crippen molar-refractivity contribution in [3.05, 3.63) is 35.4 Å². The van der Waals surface area contributed by atoms with Gasteiger partial charge in [-0.15, -0.1) is 0 Å². The highest BCUT2D eigenvalue weighted by atomic mass is 16.3. The van der Waals surface area contributed by atoms with Crippen LogP contribution in [0.3, 0.4) is 0 Å². The summed E-state index contributed by atoms with van der Waals surface area (Å²) in [6.45, 7) is 10.7. The van der Waals surface area contributed by atoms with E-state index in [1.807, 2.05) is 4.90 Å². The molecule has 2 saturated heterocycles. The predicted molar refractivity (Wildman–Crippen MR) is 99.3 cm³/mol. The van der Waals surface area contributed by atoms with Crippen molar-refractivity contribution in [1.82, 2.24) is 14.7 Å². The molecule has 2 atom stereocenters. The lowest BCUT2D eigenvalue weighted by Crippen LogP contribution is -2.52. The minimum atomic E-state index is -0.299. The summed E-state index contributed by atoms with van der Waals surface area (Å²) < 4.78 is 0. The van der Waals surface area contributed by atoms with E-state index in [9.17, 15) is 9.90 Å². The maximum Gasteiger partial charge on any atom is 0.236 e. The standard InChI is InChI=1S/C20H31N3O2/c1-16-5-3-4-6-18(16)13-21-9-11-23(12-10-21)20(25)15-22-8-7-17(2)19(24)14-22/h3-6,17,19,24H,7-15H2,1-2H3.